The van der Waals surface area contributed by atoms with Crippen molar-refractivity contribution in [2.45, 2.75) is 38.5 Å². The summed E-state index contributed by atoms with van der Waals surface area (Å²) in [5.74, 6) is 1.01. The minimum Gasteiger partial charge on any atom is -0.342 e. The summed E-state index contributed by atoms with van der Waals surface area (Å²) in [5.41, 5.74) is 1.28. The van der Waals surface area contributed by atoms with Gasteiger partial charge in [0.15, 0.2) is 0 Å². The Morgan fingerprint density at radius 2 is 2.44 bits per heavy atom. The third-order valence-electron chi connectivity index (χ3n) is 3.61. The van der Waals surface area contributed by atoms with Crippen LogP contribution in [0.25, 0.3) is 0 Å². The Hall–Kier alpha value is -0.540. The minimum atomic E-state index is 0.0928. The number of halogens is 1. The van der Waals surface area contributed by atoms with E-state index >= 15 is 0 Å². The van der Waals surface area contributed by atoms with E-state index < -0.39 is 0 Å². The molecule has 1 atom stereocenters. The predicted octanol–water partition coefficient (Wildman–Crippen LogP) is 3.65. The molecule has 1 unspecified atom stereocenters. The third kappa shape index (κ3) is 2.89. The van der Waals surface area contributed by atoms with Crippen LogP contribution in [0.3, 0.4) is 0 Å². The first-order valence-electron chi connectivity index (χ1n) is 6.69. The second-order valence-corrected chi connectivity index (χ2v) is 6.08. The second-order valence-electron chi connectivity index (χ2n) is 4.70. The molecule has 0 aliphatic heterocycles. The zero-order valence-electron chi connectivity index (χ0n) is 10.8. The van der Waals surface area contributed by atoms with Gasteiger partial charge in [-0.15, -0.1) is 22.9 Å². The second kappa shape index (κ2) is 6.58. The first kappa shape index (κ1) is 13.9. The smallest absolute Gasteiger partial charge is 0.230 e. The summed E-state index contributed by atoms with van der Waals surface area (Å²) in [4.78, 5) is 16.0. The molecule has 18 heavy (non-hydrogen) atoms. The van der Waals surface area contributed by atoms with Crippen molar-refractivity contribution in [3.8, 4) is 0 Å². The van der Waals surface area contributed by atoms with Gasteiger partial charge in [0.1, 0.15) is 0 Å². The highest BCUT2D eigenvalue weighted by molar-refractivity contribution is 7.10. The fraction of sp³-hybridized carbons (Fsp3) is 0.643. The fourth-order valence-corrected chi connectivity index (χ4v) is 3.75. The minimum absolute atomic E-state index is 0.0928. The van der Waals surface area contributed by atoms with Gasteiger partial charge in [0.2, 0.25) is 5.91 Å². The monoisotopic (exact) mass is 285 g/mol. The molecule has 0 N–H and O–H groups in total. The van der Waals surface area contributed by atoms with Crippen LogP contribution in [0.15, 0.2) is 11.4 Å². The maximum absolute atomic E-state index is 12.6. The largest absolute Gasteiger partial charge is 0.342 e. The normalized spacial score (nSPS) is 18.4. The number of carbonyl (C=O) groups is 1. The summed E-state index contributed by atoms with van der Waals surface area (Å²) >= 11 is 7.51. The molecule has 1 aromatic rings. The van der Waals surface area contributed by atoms with Gasteiger partial charge >= 0.3 is 0 Å². The first-order chi connectivity index (χ1) is 8.77. The van der Waals surface area contributed by atoms with E-state index in [4.69, 9.17) is 11.6 Å². The van der Waals surface area contributed by atoms with Crippen molar-refractivity contribution in [1.82, 2.24) is 4.90 Å². The van der Waals surface area contributed by atoms with Crippen molar-refractivity contribution < 1.29 is 4.79 Å². The molecule has 1 amide bonds. The highest BCUT2D eigenvalue weighted by atomic mass is 35.5. The Kier molecular flexibility index (Phi) is 5.07. The molecule has 0 bridgehead atoms. The van der Waals surface area contributed by atoms with Crippen LogP contribution in [0.4, 0.5) is 0 Å². The summed E-state index contributed by atoms with van der Waals surface area (Å²) in [6.45, 7) is 3.62. The number of carbonyl (C=O) groups excluding carboxylic acids is 1. The topological polar surface area (TPSA) is 20.3 Å². The maximum atomic E-state index is 12.6. The van der Waals surface area contributed by atoms with E-state index in [9.17, 15) is 4.79 Å². The van der Waals surface area contributed by atoms with Gasteiger partial charge in [-0.3, -0.25) is 4.79 Å². The van der Waals surface area contributed by atoms with E-state index in [1.165, 1.54) is 10.4 Å². The van der Waals surface area contributed by atoms with Gasteiger partial charge in [0, 0.05) is 23.8 Å². The molecule has 1 heterocycles. The van der Waals surface area contributed by atoms with E-state index in [2.05, 4.69) is 11.4 Å². The van der Waals surface area contributed by atoms with Gasteiger partial charge < -0.3 is 4.90 Å². The molecule has 0 aromatic carbocycles. The maximum Gasteiger partial charge on any atom is 0.230 e. The van der Waals surface area contributed by atoms with Crippen molar-refractivity contribution in [2.24, 2.45) is 0 Å². The number of amides is 1. The predicted molar refractivity (Wildman–Crippen MR) is 77.6 cm³/mol. The molecule has 1 aliphatic carbocycles. The SMILES string of the molecule is CCN(CCCCl)C(=O)C1CCCc2sccc21. The number of fused-ring (bicyclic) bond motifs is 1. The molecule has 0 fully saturated rings. The molecule has 2 rings (SSSR count). The summed E-state index contributed by atoms with van der Waals surface area (Å²) < 4.78 is 0. The Labute approximate surface area is 118 Å². The van der Waals surface area contributed by atoms with Gasteiger partial charge in [-0.05, 0) is 49.6 Å². The van der Waals surface area contributed by atoms with Crippen LogP contribution in [-0.2, 0) is 11.2 Å². The average Bonchev–Trinajstić information content (AvgIpc) is 2.87. The lowest BCUT2D eigenvalue weighted by Gasteiger charge is -2.28. The number of aryl methyl sites for hydroxylation is 1. The molecule has 0 radical (unpaired) electrons. The lowest BCUT2D eigenvalue weighted by atomic mass is 9.86. The van der Waals surface area contributed by atoms with E-state index in [0.717, 1.165) is 38.8 Å². The first-order valence-corrected chi connectivity index (χ1v) is 8.10. The summed E-state index contributed by atoms with van der Waals surface area (Å²) in [5, 5.41) is 2.12. The van der Waals surface area contributed by atoms with Crippen molar-refractivity contribution in [1.29, 1.82) is 0 Å². The zero-order valence-corrected chi connectivity index (χ0v) is 12.4. The van der Waals surface area contributed by atoms with Gasteiger partial charge in [-0.25, -0.2) is 0 Å². The molecular weight excluding hydrogens is 266 g/mol. The number of thiophene rings is 1. The number of rotatable bonds is 5. The van der Waals surface area contributed by atoms with Crippen LogP contribution in [0.5, 0.6) is 0 Å². The number of alkyl halides is 1. The molecule has 0 saturated heterocycles. The highest BCUT2D eigenvalue weighted by Gasteiger charge is 2.29. The molecular formula is C14H20ClNOS. The van der Waals surface area contributed by atoms with Crippen LogP contribution in [0.2, 0.25) is 0 Å². The van der Waals surface area contributed by atoms with Crippen molar-refractivity contribution in [3.05, 3.63) is 21.9 Å². The average molecular weight is 286 g/mol. The summed E-state index contributed by atoms with van der Waals surface area (Å²) in [6.07, 6.45) is 4.16. The van der Waals surface area contributed by atoms with E-state index in [0.29, 0.717) is 11.8 Å². The van der Waals surface area contributed by atoms with Crippen LogP contribution >= 0.6 is 22.9 Å². The molecule has 0 saturated carbocycles. The van der Waals surface area contributed by atoms with E-state index in [1.54, 1.807) is 11.3 Å². The molecule has 2 nitrogen and oxygen atoms in total. The van der Waals surface area contributed by atoms with Gasteiger partial charge in [-0.2, -0.15) is 0 Å². The Morgan fingerprint density at radius 3 is 3.17 bits per heavy atom. The van der Waals surface area contributed by atoms with Crippen LogP contribution in [-0.4, -0.2) is 29.8 Å². The van der Waals surface area contributed by atoms with Gasteiger partial charge in [0.05, 0.1) is 5.92 Å². The standard InChI is InChI=1S/C14H20ClNOS/c1-2-16(9-4-8-15)14(17)12-5-3-6-13-11(12)7-10-18-13/h7,10,12H,2-6,8-9H2,1H3. The molecule has 4 heteroatoms. The van der Waals surface area contributed by atoms with Crippen molar-refractivity contribution in [2.75, 3.05) is 19.0 Å². The number of nitrogens with zero attached hydrogens (tertiary/aromatic N) is 1. The summed E-state index contributed by atoms with van der Waals surface area (Å²) in [6, 6.07) is 2.14. The lowest BCUT2D eigenvalue weighted by Crippen LogP contribution is -2.36. The Morgan fingerprint density at radius 1 is 1.61 bits per heavy atom. The highest BCUT2D eigenvalue weighted by Crippen LogP contribution is 2.36. The molecule has 1 aliphatic rings. The lowest BCUT2D eigenvalue weighted by molar-refractivity contribution is -0.133. The number of hydrogen-bond donors (Lipinski definition) is 0. The van der Waals surface area contributed by atoms with Gasteiger partial charge in [0.25, 0.3) is 0 Å². The van der Waals surface area contributed by atoms with E-state index in [1.807, 2.05) is 11.8 Å². The van der Waals surface area contributed by atoms with Crippen molar-refractivity contribution >= 4 is 28.8 Å². The Bertz CT molecular complexity index is 404. The quantitative estimate of drug-likeness (QED) is 0.756. The van der Waals surface area contributed by atoms with E-state index in [-0.39, 0.29) is 5.92 Å². The molecule has 1 aromatic heterocycles. The number of likely N-dealkylation sites (N-methyl/N-ethyl adjacent to an activating group) is 1. The molecule has 100 valence electrons. The van der Waals surface area contributed by atoms with Gasteiger partial charge in [-0.1, -0.05) is 0 Å². The number of hydrogen-bond acceptors (Lipinski definition) is 2. The third-order valence-corrected chi connectivity index (χ3v) is 4.87. The summed E-state index contributed by atoms with van der Waals surface area (Å²) in [7, 11) is 0. The fourth-order valence-electron chi connectivity index (χ4n) is 2.64. The zero-order chi connectivity index (χ0) is 13.0. The van der Waals surface area contributed by atoms with Crippen LogP contribution in [0, 0.1) is 0 Å². The Balaban J connectivity index is 2.09. The van der Waals surface area contributed by atoms with Crippen LogP contribution in [0.1, 0.15) is 42.5 Å². The molecule has 0 spiro atoms. The van der Waals surface area contributed by atoms with Crippen LogP contribution < -0.4 is 0 Å². The van der Waals surface area contributed by atoms with Crippen molar-refractivity contribution in [3.63, 3.8) is 0 Å².